The summed E-state index contributed by atoms with van der Waals surface area (Å²) < 4.78 is 7.51. The summed E-state index contributed by atoms with van der Waals surface area (Å²) in [6, 6.07) is 13.3. The van der Waals surface area contributed by atoms with E-state index in [1.165, 1.54) is 4.90 Å². The highest BCUT2D eigenvalue weighted by Gasteiger charge is 2.30. The number of aromatic nitrogens is 2. The number of fused-ring (bicyclic) bond motifs is 1. The quantitative estimate of drug-likeness (QED) is 0.774. The first kappa shape index (κ1) is 16.8. The molecule has 0 atom stereocenters. The Morgan fingerprint density at radius 3 is 2.60 bits per heavy atom. The predicted molar refractivity (Wildman–Crippen MR) is 96.2 cm³/mol. The van der Waals surface area contributed by atoms with Gasteiger partial charge in [-0.25, -0.2) is 9.31 Å². The molecule has 0 unspecified atom stereocenters. The summed E-state index contributed by atoms with van der Waals surface area (Å²) in [5.74, 6) is 0.561. The van der Waals surface area contributed by atoms with Crippen molar-refractivity contribution in [3.8, 4) is 5.75 Å². The zero-order valence-electron chi connectivity index (χ0n) is 14.5. The number of ether oxygens (including phenoxy) is 1. The molecule has 0 fully saturated rings. The third-order valence-electron chi connectivity index (χ3n) is 3.81. The van der Waals surface area contributed by atoms with Gasteiger partial charge in [0.05, 0.1) is 23.6 Å². The van der Waals surface area contributed by atoms with Gasteiger partial charge in [-0.2, -0.15) is 5.10 Å². The van der Waals surface area contributed by atoms with Crippen LogP contribution < -0.4 is 9.64 Å². The fourth-order valence-electron chi connectivity index (χ4n) is 2.74. The number of anilines is 1. The van der Waals surface area contributed by atoms with Crippen molar-refractivity contribution < 1.29 is 14.6 Å². The van der Waals surface area contributed by atoms with Crippen LogP contribution in [0.1, 0.15) is 26.3 Å². The van der Waals surface area contributed by atoms with E-state index in [1.54, 1.807) is 29.0 Å². The minimum absolute atomic E-state index is 0.398. The Morgan fingerprint density at radius 1 is 1.24 bits per heavy atom. The lowest BCUT2D eigenvalue weighted by molar-refractivity contribution is 0.195. The van der Waals surface area contributed by atoms with Crippen LogP contribution in [0.3, 0.4) is 0 Å². The summed E-state index contributed by atoms with van der Waals surface area (Å²) in [5.41, 5.74) is 1.69. The molecule has 1 amide bonds. The maximum Gasteiger partial charge on any atom is 0.412 e. The number of hydrogen-bond acceptors (Lipinski definition) is 3. The van der Waals surface area contributed by atoms with Crippen molar-refractivity contribution >= 4 is 17.3 Å². The van der Waals surface area contributed by atoms with Crippen molar-refractivity contribution in [1.29, 1.82) is 0 Å². The van der Waals surface area contributed by atoms with E-state index in [-0.39, 0.29) is 0 Å². The maximum atomic E-state index is 11.9. The molecule has 0 bridgehead atoms. The van der Waals surface area contributed by atoms with Gasteiger partial charge in [0.1, 0.15) is 12.4 Å². The average molecular weight is 339 g/mol. The molecule has 0 spiro atoms. The van der Waals surface area contributed by atoms with Gasteiger partial charge in [-0.1, -0.05) is 30.3 Å². The highest BCUT2D eigenvalue weighted by molar-refractivity contribution is 5.93. The highest BCUT2D eigenvalue weighted by atomic mass is 16.5. The van der Waals surface area contributed by atoms with E-state index in [0.29, 0.717) is 23.6 Å². The Kier molecular flexibility index (Phi) is 4.35. The molecule has 0 saturated heterocycles. The largest absolute Gasteiger partial charge is 0.487 e. The van der Waals surface area contributed by atoms with Crippen molar-refractivity contribution in [1.82, 2.24) is 9.61 Å². The molecule has 3 aromatic rings. The first-order valence-corrected chi connectivity index (χ1v) is 8.03. The monoisotopic (exact) mass is 339 g/mol. The second-order valence-corrected chi connectivity index (χ2v) is 6.79. The van der Waals surface area contributed by atoms with Crippen LogP contribution >= 0.6 is 0 Å². The molecule has 6 nitrogen and oxygen atoms in total. The van der Waals surface area contributed by atoms with Gasteiger partial charge in [0.15, 0.2) is 0 Å². The predicted octanol–water partition coefficient (Wildman–Crippen LogP) is 4.20. The third kappa shape index (κ3) is 3.57. The van der Waals surface area contributed by atoms with E-state index in [4.69, 9.17) is 4.74 Å². The van der Waals surface area contributed by atoms with E-state index >= 15 is 0 Å². The fraction of sp³-hybridized carbons (Fsp3) is 0.263. The Morgan fingerprint density at radius 2 is 1.96 bits per heavy atom. The Balaban J connectivity index is 2.00. The molecule has 3 rings (SSSR count). The lowest BCUT2D eigenvalue weighted by Gasteiger charge is -2.33. The number of amides is 1. The smallest absolute Gasteiger partial charge is 0.412 e. The molecule has 6 heteroatoms. The zero-order chi connectivity index (χ0) is 18.0. The minimum Gasteiger partial charge on any atom is -0.487 e. The number of hydrogen-bond donors (Lipinski definition) is 1. The van der Waals surface area contributed by atoms with Crippen LogP contribution in [-0.4, -0.2) is 26.4 Å². The van der Waals surface area contributed by atoms with Crippen LogP contribution in [0.25, 0.3) is 5.52 Å². The second kappa shape index (κ2) is 6.47. The molecule has 1 aromatic carbocycles. The van der Waals surface area contributed by atoms with Gasteiger partial charge in [0.25, 0.3) is 0 Å². The number of carbonyl (C=O) groups is 1. The summed E-state index contributed by atoms with van der Waals surface area (Å²) in [6.07, 6.45) is 2.38. The fourth-order valence-corrected chi connectivity index (χ4v) is 2.74. The topological polar surface area (TPSA) is 67.1 Å². The molecule has 1 N–H and O–H groups in total. The molecule has 130 valence electrons. The summed E-state index contributed by atoms with van der Waals surface area (Å²) >= 11 is 0. The molecule has 0 aliphatic carbocycles. The number of rotatable bonds is 4. The molecule has 2 heterocycles. The van der Waals surface area contributed by atoms with Crippen LogP contribution in [0.5, 0.6) is 5.75 Å². The second-order valence-electron chi connectivity index (χ2n) is 6.79. The van der Waals surface area contributed by atoms with E-state index in [2.05, 4.69) is 5.10 Å². The number of pyridine rings is 1. The number of benzene rings is 1. The number of carboxylic acid groups (broad SMARTS) is 1. The average Bonchev–Trinajstić information content (AvgIpc) is 3.01. The lowest BCUT2D eigenvalue weighted by Crippen LogP contribution is -2.45. The van der Waals surface area contributed by atoms with Gasteiger partial charge in [0.2, 0.25) is 0 Å². The first-order chi connectivity index (χ1) is 11.9. The van der Waals surface area contributed by atoms with Crippen molar-refractivity contribution in [3.05, 3.63) is 60.4 Å². The third-order valence-corrected chi connectivity index (χ3v) is 3.81. The SMILES string of the molecule is CC(C)(C)N(C(=O)O)c1cc(OCc2ccccc2)cn2nccc12. The molecule has 2 aromatic heterocycles. The van der Waals surface area contributed by atoms with Crippen LogP contribution in [-0.2, 0) is 6.61 Å². The van der Waals surface area contributed by atoms with Crippen LogP contribution in [0.2, 0.25) is 0 Å². The van der Waals surface area contributed by atoms with Gasteiger partial charge >= 0.3 is 6.09 Å². The molecule has 25 heavy (non-hydrogen) atoms. The van der Waals surface area contributed by atoms with E-state index in [0.717, 1.165) is 5.56 Å². The Hall–Kier alpha value is -3.02. The minimum atomic E-state index is -1.02. The standard InChI is InChI=1S/C19H21N3O3/c1-19(2,3)22(18(23)24)17-11-15(12-21-16(17)9-10-20-21)25-13-14-7-5-4-6-8-14/h4-12H,13H2,1-3H3,(H,23,24). The van der Waals surface area contributed by atoms with E-state index in [1.807, 2.05) is 51.1 Å². The summed E-state index contributed by atoms with van der Waals surface area (Å²) in [5, 5.41) is 13.9. The van der Waals surface area contributed by atoms with E-state index in [9.17, 15) is 9.90 Å². The lowest BCUT2D eigenvalue weighted by atomic mass is 10.1. The number of nitrogens with zero attached hydrogens (tertiary/aromatic N) is 3. The van der Waals surface area contributed by atoms with Gasteiger partial charge in [-0.3, -0.25) is 4.90 Å². The molecule has 0 saturated carbocycles. The summed E-state index contributed by atoms with van der Waals surface area (Å²) in [4.78, 5) is 13.2. The summed E-state index contributed by atoms with van der Waals surface area (Å²) in [7, 11) is 0. The normalized spacial score (nSPS) is 11.5. The summed E-state index contributed by atoms with van der Waals surface area (Å²) in [6.45, 7) is 5.96. The maximum absolute atomic E-state index is 11.9. The highest BCUT2D eigenvalue weighted by Crippen LogP contribution is 2.32. The van der Waals surface area contributed by atoms with Crippen molar-refractivity contribution in [2.24, 2.45) is 0 Å². The molecule has 0 radical (unpaired) electrons. The molecular weight excluding hydrogens is 318 g/mol. The molecule has 0 aliphatic heterocycles. The van der Waals surface area contributed by atoms with Crippen LogP contribution in [0, 0.1) is 0 Å². The van der Waals surface area contributed by atoms with Gasteiger partial charge in [-0.05, 0) is 32.4 Å². The van der Waals surface area contributed by atoms with Gasteiger partial charge in [0, 0.05) is 11.6 Å². The zero-order valence-corrected chi connectivity index (χ0v) is 14.5. The van der Waals surface area contributed by atoms with Crippen molar-refractivity contribution in [2.75, 3.05) is 4.90 Å². The Bertz CT molecular complexity index is 882. The van der Waals surface area contributed by atoms with E-state index < -0.39 is 11.6 Å². The van der Waals surface area contributed by atoms with Crippen molar-refractivity contribution in [2.45, 2.75) is 32.9 Å². The van der Waals surface area contributed by atoms with Crippen LogP contribution in [0.15, 0.2) is 54.9 Å². The van der Waals surface area contributed by atoms with Gasteiger partial charge < -0.3 is 9.84 Å². The van der Waals surface area contributed by atoms with Gasteiger partial charge in [-0.15, -0.1) is 0 Å². The van der Waals surface area contributed by atoms with Crippen LogP contribution in [0.4, 0.5) is 10.5 Å². The molecule has 0 aliphatic rings. The first-order valence-electron chi connectivity index (χ1n) is 8.03. The molecular formula is C19H21N3O3. The Labute approximate surface area is 146 Å². The van der Waals surface area contributed by atoms with Crippen molar-refractivity contribution in [3.63, 3.8) is 0 Å².